The first-order valence-corrected chi connectivity index (χ1v) is 5.35. The molecule has 0 radical (unpaired) electrons. The summed E-state index contributed by atoms with van der Waals surface area (Å²) in [5.74, 6) is -0.491. The molecule has 2 rings (SSSR count). The van der Waals surface area contributed by atoms with Gasteiger partial charge in [-0.15, -0.1) is 10.2 Å². The summed E-state index contributed by atoms with van der Waals surface area (Å²) in [6, 6.07) is 5.79. The lowest BCUT2D eigenvalue weighted by atomic mass is 10.1. The van der Waals surface area contributed by atoms with Crippen LogP contribution < -0.4 is 0 Å². The molecule has 0 fully saturated rings. The van der Waals surface area contributed by atoms with Gasteiger partial charge in [0.25, 0.3) is 0 Å². The quantitative estimate of drug-likeness (QED) is 0.779. The number of aromatic nitrogens is 2. The maximum atomic E-state index is 13.0. The zero-order valence-corrected chi connectivity index (χ0v) is 9.98. The van der Waals surface area contributed by atoms with Gasteiger partial charge in [-0.25, -0.2) is 4.39 Å². The summed E-state index contributed by atoms with van der Waals surface area (Å²) >= 11 is 17.2. The first kappa shape index (κ1) is 11.6. The number of halogens is 4. The SMILES string of the molecule is Fc1ccc(-c2cc(Cl)nnc2Cl)cc1Cl. The van der Waals surface area contributed by atoms with Crippen LogP contribution in [0.4, 0.5) is 4.39 Å². The minimum absolute atomic E-state index is 0.0153. The van der Waals surface area contributed by atoms with Crippen LogP contribution >= 0.6 is 34.8 Å². The Bertz CT molecular complexity index is 546. The number of hydrogen-bond donors (Lipinski definition) is 0. The summed E-state index contributed by atoms with van der Waals surface area (Å²) in [6.07, 6.45) is 0. The second kappa shape index (κ2) is 4.53. The molecule has 6 heteroatoms. The molecule has 2 aromatic rings. The normalized spacial score (nSPS) is 10.5. The largest absolute Gasteiger partial charge is 0.205 e. The summed E-state index contributed by atoms with van der Waals surface area (Å²) in [4.78, 5) is 0. The van der Waals surface area contributed by atoms with Gasteiger partial charge in [0, 0.05) is 5.56 Å². The van der Waals surface area contributed by atoms with Gasteiger partial charge < -0.3 is 0 Å². The van der Waals surface area contributed by atoms with E-state index in [1.165, 1.54) is 12.1 Å². The van der Waals surface area contributed by atoms with Gasteiger partial charge in [-0.05, 0) is 23.8 Å². The van der Waals surface area contributed by atoms with E-state index in [1.54, 1.807) is 12.1 Å². The van der Waals surface area contributed by atoms with Crippen LogP contribution in [0.25, 0.3) is 11.1 Å². The van der Waals surface area contributed by atoms with E-state index in [1.807, 2.05) is 0 Å². The Morgan fingerprint density at radius 2 is 1.75 bits per heavy atom. The molecule has 1 aromatic heterocycles. The maximum absolute atomic E-state index is 13.0. The van der Waals surface area contributed by atoms with Crippen LogP contribution in [0.3, 0.4) is 0 Å². The van der Waals surface area contributed by atoms with Crippen LogP contribution in [-0.4, -0.2) is 10.2 Å². The second-order valence-electron chi connectivity index (χ2n) is 3.00. The van der Waals surface area contributed by atoms with E-state index in [9.17, 15) is 4.39 Å². The number of rotatable bonds is 1. The molecular weight excluding hydrogens is 273 g/mol. The predicted molar refractivity (Wildman–Crippen MR) is 62.5 cm³/mol. The van der Waals surface area contributed by atoms with E-state index in [0.29, 0.717) is 11.1 Å². The minimum Gasteiger partial charge on any atom is -0.205 e. The van der Waals surface area contributed by atoms with E-state index >= 15 is 0 Å². The summed E-state index contributed by atoms with van der Waals surface area (Å²) in [7, 11) is 0. The van der Waals surface area contributed by atoms with Crippen molar-refractivity contribution in [2.75, 3.05) is 0 Å². The molecule has 0 N–H and O–H groups in total. The van der Waals surface area contributed by atoms with Gasteiger partial charge in [0.05, 0.1) is 5.02 Å². The fourth-order valence-corrected chi connectivity index (χ4v) is 1.75. The molecule has 0 saturated carbocycles. The molecule has 1 aromatic carbocycles. The Morgan fingerprint density at radius 1 is 1.00 bits per heavy atom. The molecule has 1 heterocycles. The van der Waals surface area contributed by atoms with Crippen LogP contribution in [0.5, 0.6) is 0 Å². The van der Waals surface area contributed by atoms with Crippen LogP contribution in [0.1, 0.15) is 0 Å². The monoisotopic (exact) mass is 276 g/mol. The Kier molecular flexibility index (Phi) is 3.28. The molecule has 82 valence electrons. The summed E-state index contributed by atoms with van der Waals surface area (Å²) in [5.41, 5.74) is 1.19. The van der Waals surface area contributed by atoms with Gasteiger partial charge in [-0.1, -0.05) is 40.9 Å². The molecule has 0 bridgehead atoms. The van der Waals surface area contributed by atoms with Crippen molar-refractivity contribution < 1.29 is 4.39 Å². The van der Waals surface area contributed by atoms with Gasteiger partial charge >= 0.3 is 0 Å². The molecule has 16 heavy (non-hydrogen) atoms. The summed E-state index contributed by atoms with van der Waals surface area (Å²) in [5, 5.41) is 7.65. The van der Waals surface area contributed by atoms with Crippen molar-refractivity contribution in [2.45, 2.75) is 0 Å². The van der Waals surface area contributed by atoms with E-state index in [0.717, 1.165) is 0 Å². The first-order valence-electron chi connectivity index (χ1n) is 4.22. The maximum Gasteiger partial charge on any atom is 0.159 e. The molecular formula is C10H4Cl3FN2. The lowest BCUT2D eigenvalue weighted by Crippen LogP contribution is -1.88. The first-order chi connectivity index (χ1) is 7.58. The molecule has 0 aliphatic heterocycles. The zero-order valence-electron chi connectivity index (χ0n) is 7.72. The van der Waals surface area contributed by atoms with Gasteiger partial charge in [-0.2, -0.15) is 0 Å². The standard InChI is InChI=1S/C10H4Cl3FN2/c11-7-3-5(1-2-8(7)14)6-4-9(12)15-16-10(6)13/h1-4H. The van der Waals surface area contributed by atoms with Crippen molar-refractivity contribution in [1.29, 1.82) is 0 Å². The lowest BCUT2D eigenvalue weighted by Gasteiger charge is -2.04. The second-order valence-corrected chi connectivity index (χ2v) is 4.15. The van der Waals surface area contributed by atoms with Crippen molar-refractivity contribution in [3.63, 3.8) is 0 Å². The highest BCUT2D eigenvalue weighted by atomic mass is 35.5. The molecule has 0 aliphatic carbocycles. The fourth-order valence-electron chi connectivity index (χ4n) is 1.22. The van der Waals surface area contributed by atoms with Crippen molar-refractivity contribution in [3.05, 3.63) is 45.4 Å². The van der Waals surface area contributed by atoms with E-state index in [-0.39, 0.29) is 15.3 Å². The molecule has 0 spiro atoms. The fraction of sp³-hybridized carbons (Fsp3) is 0. The Morgan fingerprint density at radius 3 is 2.44 bits per heavy atom. The number of hydrogen-bond acceptors (Lipinski definition) is 2. The highest BCUT2D eigenvalue weighted by molar-refractivity contribution is 6.34. The van der Waals surface area contributed by atoms with Crippen molar-refractivity contribution in [1.82, 2.24) is 10.2 Å². The van der Waals surface area contributed by atoms with Crippen molar-refractivity contribution in [3.8, 4) is 11.1 Å². The molecule has 0 unspecified atom stereocenters. The Hall–Kier alpha value is -0.900. The molecule has 0 atom stereocenters. The van der Waals surface area contributed by atoms with Crippen LogP contribution in [0, 0.1) is 5.82 Å². The average Bonchev–Trinajstić information content (AvgIpc) is 2.26. The topological polar surface area (TPSA) is 25.8 Å². The summed E-state index contributed by atoms with van der Waals surface area (Å²) < 4.78 is 13.0. The third-order valence-electron chi connectivity index (χ3n) is 1.95. The average molecular weight is 278 g/mol. The molecule has 2 nitrogen and oxygen atoms in total. The van der Waals surface area contributed by atoms with Crippen molar-refractivity contribution >= 4 is 34.8 Å². The Labute approximate surface area is 106 Å². The van der Waals surface area contributed by atoms with Gasteiger partial charge in [0.15, 0.2) is 10.3 Å². The minimum atomic E-state index is -0.491. The lowest BCUT2D eigenvalue weighted by molar-refractivity contribution is 0.628. The van der Waals surface area contributed by atoms with Gasteiger partial charge in [0.2, 0.25) is 0 Å². The van der Waals surface area contributed by atoms with Gasteiger partial charge in [-0.3, -0.25) is 0 Å². The van der Waals surface area contributed by atoms with E-state index in [2.05, 4.69) is 10.2 Å². The van der Waals surface area contributed by atoms with Crippen LogP contribution in [0.15, 0.2) is 24.3 Å². The Balaban J connectivity index is 2.58. The molecule has 0 amide bonds. The number of benzene rings is 1. The van der Waals surface area contributed by atoms with Crippen molar-refractivity contribution in [2.24, 2.45) is 0 Å². The van der Waals surface area contributed by atoms with E-state index < -0.39 is 5.82 Å². The zero-order chi connectivity index (χ0) is 11.7. The van der Waals surface area contributed by atoms with Gasteiger partial charge in [0.1, 0.15) is 5.82 Å². The smallest absolute Gasteiger partial charge is 0.159 e. The third-order valence-corrected chi connectivity index (χ3v) is 2.70. The van der Waals surface area contributed by atoms with E-state index in [4.69, 9.17) is 34.8 Å². The van der Waals surface area contributed by atoms with Crippen LogP contribution in [-0.2, 0) is 0 Å². The molecule has 0 aliphatic rings. The van der Waals surface area contributed by atoms with Crippen LogP contribution in [0.2, 0.25) is 15.3 Å². The number of nitrogens with zero attached hydrogens (tertiary/aromatic N) is 2. The third kappa shape index (κ3) is 2.26. The molecule has 0 saturated heterocycles. The highest BCUT2D eigenvalue weighted by Gasteiger charge is 2.09. The predicted octanol–water partition coefficient (Wildman–Crippen LogP) is 4.24. The summed E-state index contributed by atoms with van der Waals surface area (Å²) in [6.45, 7) is 0. The highest BCUT2D eigenvalue weighted by Crippen LogP contribution is 2.30.